The van der Waals surface area contributed by atoms with Crippen molar-refractivity contribution < 1.29 is 18.1 Å². The quantitative estimate of drug-likeness (QED) is 0.716. The van der Waals surface area contributed by atoms with Crippen LogP contribution in [-0.4, -0.2) is 6.10 Å². The lowest BCUT2D eigenvalue weighted by Gasteiger charge is -2.25. The van der Waals surface area contributed by atoms with Gasteiger partial charge in [-0.2, -0.15) is 0 Å². The van der Waals surface area contributed by atoms with E-state index < -0.39 is 7.82 Å². The Kier molecular flexibility index (Phi) is 1.70. The fraction of sp³-hybridized carbons (Fsp3) is 0.167. The molecule has 0 N–H and O–H groups in total. The predicted molar refractivity (Wildman–Crippen MR) is 60.0 cm³/mol. The summed E-state index contributed by atoms with van der Waals surface area (Å²) in [6.07, 6.45) is 3.50. The van der Waals surface area contributed by atoms with Gasteiger partial charge in [0.25, 0.3) is 0 Å². The molecule has 3 unspecified atom stereocenters. The number of phosphoric acid groups is 1. The van der Waals surface area contributed by atoms with Crippen molar-refractivity contribution in [2.24, 2.45) is 0 Å². The summed E-state index contributed by atoms with van der Waals surface area (Å²) in [5.41, 5.74) is 1.12. The molecule has 0 saturated carbocycles. The second-order valence-corrected chi connectivity index (χ2v) is 5.65. The zero-order chi connectivity index (χ0) is 11.5. The largest absolute Gasteiger partial charge is 0.588 e. The molecule has 2 bridgehead atoms. The van der Waals surface area contributed by atoms with Crippen LogP contribution in [0.25, 0.3) is 0 Å². The standard InChI is InChI=1S/C12H9O4P/c13-17-14-10-7-6-9(8-4-2-1-3-5-8)11(15-17)12(10)16-17/h1-7,9,11H. The van der Waals surface area contributed by atoms with Crippen molar-refractivity contribution >= 4 is 7.82 Å². The molecule has 1 saturated heterocycles. The fourth-order valence-corrected chi connectivity index (χ4v) is 3.82. The van der Waals surface area contributed by atoms with E-state index in [9.17, 15) is 4.57 Å². The molecule has 86 valence electrons. The maximum atomic E-state index is 11.9. The molecule has 2 aliphatic heterocycles. The minimum absolute atomic E-state index is 0.0367. The van der Waals surface area contributed by atoms with Crippen LogP contribution < -0.4 is 0 Å². The van der Waals surface area contributed by atoms with Crippen molar-refractivity contribution in [1.29, 1.82) is 0 Å². The predicted octanol–water partition coefficient (Wildman–Crippen LogP) is 3.11. The Labute approximate surface area is 98.1 Å². The summed E-state index contributed by atoms with van der Waals surface area (Å²) < 4.78 is 27.6. The van der Waals surface area contributed by atoms with E-state index in [2.05, 4.69) is 0 Å². The Morgan fingerprint density at radius 2 is 1.94 bits per heavy atom. The van der Waals surface area contributed by atoms with Gasteiger partial charge < -0.3 is 9.05 Å². The molecule has 0 amide bonds. The van der Waals surface area contributed by atoms with Gasteiger partial charge in [-0.05, 0) is 11.6 Å². The lowest BCUT2D eigenvalue weighted by Crippen LogP contribution is -2.23. The number of hydrogen-bond donors (Lipinski definition) is 0. The zero-order valence-electron chi connectivity index (χ0n) is 8.78. The second-order valence-electron chi connectivity index (χ2n) is 4.18. The molecule has 1 aliphatic carbocycles. The normalized spacial score (nSPS) is 36.9. The molecule has 3 atom stereocenters. The lowest BCUT2D eigenvalue weighted by molar-refractivity contribution is 0.176. The molecular weight excluding hydrogens is 239 g/mol. The summed E-state index contributed by atoms with van der Waals surface area (Å²) >= 11 is 0. The van der Waals surface area contributed by atoms with Gasteiger partial charge in [0, 0.05) is 5.92 Å². The van der Waals surface area contributed by atoms with Crippen LogP contribution in [0, 0.1) is 0 Å². The Bertz CT molecular complexity index is 590. The summed E-state index contributed by atoms with van der Waals surface area (Å²) in [6, 6.07) is 9.95. The molecule has 0 aromatic heterocycles. The first-order valence-corrected chi connectivity index (χ1v) is 6.86. The van der Waals surface area contributed by atoms with Crippen molar-refractivity contribution in [3.8, 4) is 0 Å². The van der Waals surface area contributed by atoms with Crippen LogP contribution in [-0.2, 0) is 18.1 Å². The van der Waals surface area contributed by atoms with Crippen molar-refractivity contribution in [1.82, 2.24) is 0 Å². The Morgan fingerprint density at radius 1 is 1.12 bits per heavy atom. The number of phosphoric ester groups is 1. The average molecular weight is 248 g/mol. The SMILES string of the molecule is O=P12OC3=C(O1)C(O2)C(c1ccccc1)C=C3. The summed E-state index contributed by atoms with van der Waals surface area (Å²) in [6.45, 7) is 0. The van der Waals surface area contributed by atoms with Gasteiger partial charge in [0.05, 0.1) is 0 Å². The molecule has 0 radical (unpaired) electrons. The first-order chi connectivity index (χ1) is 8.25. The molecule has 4 nitrogen and oxygen atoms in total. The third-order valence-corrected chi connectivity index (χ3v) is 4.46. The summed E-state index contributed by atoms with van der Waals surface area (Å²) in [5, 5.41) is 0. The minimum Gasteiger partial charge on any atom is -0.393 e. The van der Waals surface area contributed by atoms with Crippen LogP contribution in [0.4, 0.5) is 0 Å². The Morgan fingerprint density at radius 3 is 2.71 bits per heavy atom. The molecule has 1 aromatic carbocycles. The van der Waals surface area contributed by atoms with Crippen LogP contribution in [0.3, 0.4) is 0 Å². The van der Waals surface area contributed by atoms with E-state index in [1.807, 2.05) is 42.5 Å². The molecule has 1 fully saturated rings. The molecule has 2 heterocycles. The van der Waals surface area contributed by atoms with Crippen LogP contribution in [0.2, 0.25) is 0 Å². The molecule has 17 heavy (non-hydrogen) atoms. The topological polar surface area (TPSA) is 44.8 Å². The van der Waals surface area contributed by atoms with Crippen molar-refractivity contribution in [2.75, 3.05) is 0 Å². The Balaban J connectivity index is 1.79. The number of fused-ring (bicyclic) bond motifs is 1. The summed E-state index contributed by atoms with van der Waals surface area (Å²) in [5.74, 6) is 1.16. The van der Waals surface area contributed by atoms with Gasteiger partial charge in [0.2, 0.25) is 0 Å². The van der Waals surface area contributed by atoms with E-state index in [4.69, 9.17) is 13.6 Å². The third kappa shape index (κ3) is 1.25. The van der Waals surface area contributed by atoms with Gasteiger partial charge in [-0.1, -0.05) is 36.4 Å². The van der Waals surface area contributed by atoms with Crippen LogP contribution >= 0.6 is 7.82 Å². The Hall–Kier alpha value is -1.51. The van der Waals surface area contributed by atoms with E-state index in [0.29, 0.717) is 11.5 Å². The van der Waals surface area contributed by atoms with Gasteiger partial charge in [-0.15, -0.1) is 0 Å². The van der Waals surface area contributed by atoms with Crippen molar-refractivity contribution in [2.45, 2.75) is 12.0 Å². The first-order valence-electron chi connectivity index (χ1n) is 5.40. The fourth-order valence-electron chi connectivity index (χ4n) is 2.37. The maximum Gasteiger partial charge on any atom is 0.588 e. The van der Waals surface area contributed by atoms with Crippen LogP contribution in [0.15, 0.2) is 54.0 Å². The highest BCUT2D eigenvalue weighted by Crippen LogP contribution is 2.69. The first kappa shape index (κ1) is 9.51. The van der Waals surface area contributed by atoms with Gasteiger partial charge >= 0.3 is 7.82 Å². The summed E-state index contributed by atoms with van der Waals surface area (Å²) in [4.78, 5) is 0. The molecule has 1 aromatic rings. The monoisotopic (exact) mass is 248 g/mol. The average Bonchev–Trinajstić information content (AvgIpc) is 2.83. The number of rotatable bonds is 1. The molecular formula is C12H9O4P. The minimum atomic E-state index is -3.34. The zero-order valence-corrected chi connectivity index (χ0v) is 9.67. The van der Waals surface area contributed by atoms with E-state index in [-0.39, 0.29) is 12.0 Å². The highest BCUT2D eigenvalue weighted by molar-refractivity contribution is 7.49. The molecule has 0 spiro atoms. The number of allylic oxidation sites excluding steroid dienone is 1. The number of benzene rings is 1. The van der Waals surface area contributed by atoms with Crippen molar-refractivity contribution in [3.05, 3.63) is 59.6 Å². The third-order valence-electron chi connectivity index (χ3n) is 3.13. The van der Waals surface area contributed by atoms with Gasteiger partial charge in [0.1, 0.15) is 6.10 Å². The van der Waals surface area contributed by atoms with E-state index in [1.165, 1.54) is 0 Å². The van der Waals surface area contributed by atoms with Crippen LogP contribution in [0.5, 0.6) is 0 Å². The second kappa shape index (κ2) is 3.03. The highest BCUT2D eigenvalue weighted by atomic mass is 31.2. The van der Waals surface area contributed by atoms with Crippen LogP contribution in [0.1, 0.15) is 11.5 Å². The van der Waals surface area contributed by atoms with E-state index in [0.717, 1.165) is 5.56 Å². The maximum absolute atomic E-state index is 11.9. The van der Waals surface area contributed by atoms with Crippen molar-refractivity contribution in [3.63, 3.8) is 0 Å². The molecule has 3 aliphatic rings. The number of hydrogen-bond acceptors (Lipinski definition) is 4. The summed E-state index contributed by atoms with van der Waals surface area (Å²) in [7, 11) is -3.34. The lowest BCUT2D eigenvalue weighted by atomic mass is 9.88. The van der Waals surface area contributed by atoms with E-state index >= 15 is 0 Å². The van der Waals surface area contributed by atoms with Gasteiger partial charge in [-0.25, -0.2) is 4.57 Å². The highest BCUT2D eigenvalue weighted by Gasteiger charge is 2.56. The molecule has 5 heteroatoms. The molecule has 4 rings (SSSR count). The van der Waals surface area contributed by atoms with Gasteiger partial charge in [0.15, 0.2) is 11.5 Å². The van der Waals surface area contributed by atoms with Gasteiger partial charge in [-0.3, -0.25) is 4.52 Å². The smallest absolute Gasteiger partial charge is 0.393 e. The van der Waals surface area contributed by atoms with E-state index in [1.54, 1.807) is 0 Å².